The molecule has 0 saturated heterocycles. The predicted molar refractivity (Wildman–Crippen MR) is 103 cm³/mol. The van der Waals surface area contributed by atoms with Gasteiger partial charge in [-0.2, -0.15) is 0 Å². The maximum absolute atomic E-state index is 13.0. The lowest BCUT2D eigenvalue weighted by Crippen LogP contribution is -2.07. The Bertz CT molecular complexity index is 1150. The first-order chi connectivity index (χ1) is 13.1. The standard InChI is InChI=1S/C23H17FO3/c1-15-22(17-5-3-2-4-6-17)23(25)20-12-11-19(13-21(20)27-15)26-14-16-7-9-18(24)10-8-16/h2-13H,14H2,1H3. The summed E-state index contributed by atoms with van der Waals surface area (Å²) in [5.41, 5.74) is 2.68. The van der Waals surface area contributed by atoms with Crippen molar-refractivity contribution < 1.29 is 13.5 Å². The van der Waals surface area contributed by atoms with E-state index in [4.69, 9.17) is 9.15 Å². The molecule has 0 aliphatic rings. The van der Waals surface area contributed by atoms with Crippen molar-refractivity contribution in [1.29, 1.82) is 0 Å². The zero-order valence-corrected chi connectivity index (χ0v) is 14.7. The number of fused-ring (bicyclic) bond motifs is 1. The first-order valence-corrected chi connectivity index (χ1v) is 8.62. The van der Waals surface area contributed by atoms with Gasteiger partial charge in [-0.1, -0.05) is 42.5 Å². The molecule has 134 valence electrons. The van der Waals surface area contributed by atoms with Gasteiger partial charge in [-0.3, -0.25) is 4.79 Å². The normalized spacial score (nSPS) is 10.9. The predicted octanol–water partition coefficient (Wildman–Crippen LogP) is 5.49. The van der Waals surface area contributed by atoms with Gasteiger partial charge >= 0.3 is 0 Å². The minimum atomic E-state index is -0.282. The number of hydrogen-bond donors (Lipinski definition) is 0. The quantitative estimate of drug-likeness (QED) is 0.483. The van der Waals surface area contributed by atoms with Crippen LogP contribution < -0.4 is 10.2 Å². The van der Waals surface area contributed by atoms with Crippen LogP contribution in [-0.4, -0.2) is 0 Å². The molecule has 4 aromatic rings. The van der Waals surface area contributed by atoms with Crippen LogP contribution >= 0.6 is 0 Å². The highest BCUT2D eigenvalue weighted by molar-refractivity contribution is 5.83. The number of benzene rings is 3. The van der Waals surface area contributed by atoms with E-state index in [1.54, 1.807) is 37.3 Å². The van der Waals surface area contributed by atoms with Gasteiger partial charge in [-0.05, 0) is 42.3 Å². The molecule has 0 aliphatic carbocycles. The van der Waals surface area contributed by atoms with E-state index in [-0.39, 0.29) is 11.2 Å². The third-order valence-electron chi connectivity index (χ3n) is 4.42. The fourth-order valence-electron chi connectivity index (χ4n) is 3.06. The Hall–Kier alpha value is -3.40. The second-order valence-electron chi connectivity index (χ2n) is 6.30. The number of hydrogen-bond acceptors (Lipinski definition) is 3. The lowest BCUT2D eigenvalue weighted by atomic mass is 10.0. The molecule has 1 aromatic heterocycles. The second kappa shape index (κ2) is 7.08. The van der Waals surface area contributed by atoms with Crippen LogP contribution in [0.1, 0.15) is 11.3 Å². The van der Waals surface area contributed by atoms with Crippen LogP contribution in [0.2, 0.25) is 0 Å². The summed E-state index contributed by atoms with van der Waals surface area (Å²) < 4.78 is 24.6. The smallest absolute Gasteiger partial charge is 0.200 e. The fourth-order valence-corrected chi connectivity index (χ4v) is 3.06. The lowest BCUT2D eigenvalue weighted by molar-refractivity contribution is 0.306. The van der Waals surface area contributed by atoms with E-state index in [1.807, 2.05) is 30.3 Å². The van der Waals surface area contributed by atoms with Crippen LogP contribution in [0, 0.1) is 12.7 Å². The third kappa shape index (κ3) is 3.47. The van der Waals surface area contributed by atoms with Crippen molar-refractivity contribution in [2.24, 2.45) is 0 Å². The molecule has 0 spiro atoms. The van der Waals surface area contributed by atoms with Gasteiger partial charge in [0, 0.05) is 6.07 Å². The highest BCUT2D eigenvalue weighted by Crippen LogP contribution is 2.26. The van der Waals surface area contributed by atoms with Gasteiger partial charge in [-0.25, -0.2) is 4.39 Å². The Morgan fingerprint density at radius 3 is 2.44 bits per heavy atom. The molecule has 3 aromatic carbocycles. The van der Waals surface area contributed by atoms with Gasteiger partial charge in [0.25, 0.3) is 0 Å². The molecule has 0 saturated carbocycles. The highest BCUT2D eigenvalue weighted by Gasteiger charge is 2.13. The van der Waals surface area contributed by atoms with Gasteiger partial charge in [0.15, 0.2) is 0 Å². The Morgan fingerprint density at radius 2 is 1.70 bits per heavy atom. The van der Waals surface area contributed by atoms with Crippen LogP contribution in [0.5, 0.6) is 5.75 Å². The Balaban J connectivity index is 1.67. The number of rotatable bonds is 4. The maximum Gasteiger partial charge on any atom is 0.200 e. The van der Waals surface area contributed by atoms with Gasteiger partial charge in [0.05, 0.1) is 10.9 Å². The van der Waals surface area contributed by atoms with Crippen molar-refractivity contribution >= 4 is 11.0 Å². The van der Waals surface area contributed by atoms with Gasteiger partial charge < -0.3 is 9.15 Å². The van der Waals surface area contributed by atoms with Crippen LogP contribution in [0.25, 0.3) is 22.1 Å². The first kappa shape index (κ1) is 17.0. The molecular formula is C23H17FO3. The lowest BCUT2D eigenvalue weighted by Gasteiger charge is -2.10. The van der Waals surface area contributed by atoms with Crippen LogP contribution in [-0.2, 0) is 6.61 Å². The Morgan fingerprint density at radius 1 is 0.963 bits per heavy atom. The first-order valence-electron chi connectivity index (χ1n) is 8.62. The average Bonchev–Trinajstić information content (AvgIpc) is 2.68. The zero-order chi connectivity index (χ0) is 18.8. The SMILES string of the molecule is Cc1oc2cc(OCc3ccc(F)cc3)ccc2c(=O)c1-c1ccccc1. The van der Waals surface area contributed by atoms with Crippen molar-refractivity contribution in [3.63, 3.8) is 0 Å². The second-order valence-corrected chi connectivity index (χ2v) is 6.30. The third-order valence-corrected chi connectivity index (χ3v) is 4.42. The summed E-state index contributed by atoms with van der Waals surface area (Å²) in [5.74, 6) is 0.868. The molecule has 0 unspecified atom stereocenters. The monoisotopic (exact) mass is 360 g/mol. The number of aryl methyl sites for hydroxylation is 1. The molecule has 1 heterocycles. The van der Waals surface area contributed by atoms with E-state index >= 15 is 0 Å². The zero-order valence-electron chi connectivity index (χ0n) is 14.7. The molecule has 4 rings (SSSR count). The summed E-state index contributed by atoms with van der Waals surface area (Å²) >= 11 is 0. The molecule has 0 radical (unpaired) electrons. The van der Waals surface area contributed by atoms with Crippen LogP contribution in [0.15, 0.2) is 82.0 Å². The highest BCUT2D eigenvalue weighted by atomic mass is 19.1. The van der Waals surface area contributed by atoms with Crippen molar-refractivity contribution in [3.8, 4) is 16.9 Å². The van der Waals surface area contributed by atoms with Crippen LogP contribution in [0.4, 0.5) is 4.39 Å². The molecule has 0 amide bonds. The van der Waals surface area contributed by atoms with E-state index in [0.717, 1.165) is 11.1 Å². The van der Waals surface area contributed by atoms with E-state index in [0.29, 0.717) is 34.6 Å². The van der Waals surface area contributed by atoms with E-state index in [9.17, 15) is 9.18 Å². The summed E-state index contributed by atoms with van der Waals surface area (Å²) in [6, 6.07) is 20.8. The van der Waals surface area contributed by atoms with Crippen LogP contribution in [0.3, 0.4) is 0 Å². The van der Waals surface area contributed by atoms with Gasteiger partial charge in [0.1, 0.15) is 29.5 Å². The molecule has 4 heteroatoms. The molecule has 0 bridgehead atoms. The molecule has 0 atom stereocenters. The largest absolute Gasteiger partial charge is 0.489 e. The minimum absolute atomic E-state index is 0.0648. The maximum atomic E-state index is 13.0. The average molecular weight is 360 g/mol. The van der Waals surface area contributed by atoms with Gasteiger partial charge in [0.2, 0.25) is 5.43 Å². The summed E-state index contributed by atoms with van der Waals surface area (Å²) in [7, 11) is 0. The van der Waals surface area contributed by atoms with Crippen molar-refractivity contribution in [1.82, 2.24) is 0 Å². The molecule has 0 N–H and O–H groups in total. The molecule has 0 aliphatic heterocycles. The van der Waals surface area contributed by atoms with Crippen molar-refractivity contribution in [2.75, 3.05) is 0 Å². The molecule has 0 fully saturated rings. The van der Waals surface area contributed by atoms with Crippen molar-refractivity contribution in [3.05, 3.63) is 100 Å². The van der Waals surface area contributed by atoms with Crippen molar-refractivity contribution in [2.45, 2.75) is 13.5 Å². The minimum Gasteiger partial charge on any atom is -0.489 e. The number of ether oxygens (including phenoxy) is 1. The summed E-state index contributed by atoms with van der Waals surface area (Å²) in [6.07, 6.45) is 0. The summed E-state index contributed by atoms with van der Waals surface area (Å²) in [6.45, 7) is 2.09. The summed E-state index contributed by atoms with van der Waals surface area (Å²) in [5, 5.41) is 0.508. The van der Waals surface area contributed by atoms with E-state index < -0.39 is 0 Å². The van der Waals surface area contributed by atoms with E-state index in [1.165, 1.54) is 12.1 Å². The molecule has 3 nitrogen and oxygen atoms in total. The fraction of sp³-hybridized carbons (Fsp3) is 0.0870. The number of halogens is 1. The molecular weight excluding hydrogens is 343 g/mol. The Kier molecular flexibility index (Phi) is 4.47. The van der Waals surface area contributed by atoms with Gasteiger partial charge in [-0.15, -0.1) is 0 Å². The topological polar surface area (TPSA) is 39.4 Å². The van der Waals surface area contributed by atoms with E-state index in [2.05, 4.69) is 0 Å². The summed E-state index contributed by atoms with van der Waals surface area (Å²) in [4.78, 5) is 12.9. The Labute approximate surface area is 155 Å². The molecule has 27 heavy (non-hydrogen) atoms.